The molecule has 0 aliphatic carbocycles. The first-order chi connectivity index (χ1) is 14.3. The van der Waals surface area contributed by atoms with E-state index < -0.39 is 0 Å². The first kappa shape index (κ1) is 18.1. The second kappa shape index (κ2) is 7.79. The smallest absolute Gasteiger partial charge is 0.231 e. The minimum atomic E-state index is 0.170. The fourth-order valence-corrected chi connectivity index (χ4v) is 4.19. The van der Waals surface area contributed by atoms with Crippen LogP contribution in [0.3, 0.4) is 0 Å². The van der Waals surface area contributed by atoms with Gasteiger partial charge in [-0.25, -0.2) is 0 Å². The molecule has 1 unspecified atom stereocenters. The van der Waals surface area contributed by atoms with E-state index >= 15 is 0 Å². The summed E-state index contributed by atoms with van der Waals surface area (Å²) >= 11 is 0. The van der Waals surface area contributed by atoms with Gasteiger partial charge in [0.05, 0.1) is 6.04 Å². The van der Waals surface area contributed by atoms with Gasteiger partial charge in [0.15, 0.2) is 17.3 Å². The first-order valence-corrected chi connectivity index (χ1v) is 10.2. The lowest BCUT2D eigenvalue weighted by molar-refractivity contribution is 0.174. The lowest BCUT2D eigenvalue weighted by Crippen LogP contribution is -2.28. The maximum Gasteiger partial charge on any atom is 0.231 e. The molecule has 3 heterocycles. The van der Waals surface area contributed by atoms with Gasteiger partial charge < -0.3 is 19.1 Å². The molecule has 0 radical (unpaired) electrons. The van der Waals surface area contributed by atoms with Crippen LogP contribution >= 0.6 is 0 Å². The normalized spacial score (nSPS) is 19.2. The second-order valence-electron chi connectivity index (χ2n) is 7.65. The fraction of sp³-hybridized carbons (Fsp3) is 0.348. The van der Waals surface area contributed by atoms with Crippen LogP contribution < -0.4 is 9.47 Å². The maximum absolute atomic E-state index is 10.2. The van der Waals surface area contributed by atoms with Crippen LogP contribution in [-0.4, -0.2) is 28.5 Å². The Balaban J connectivity index is 1.41. The van der Waals surface area contributed by atoms with Gasteiger partial charge in [-0.2, -0.15) is 0 Å². The number of rotatable bonds is 4. The minimum Gasteiger partial charge on any atom is -0.508 e. The molecule has 29 heavy (non-hydrogen) atoms. The Hall–Kier alpha value is -2.99. The Morgan fingerprint density at radius 3 is 2.83 bits per heavy atom. The topological polar surface area (TPSA) is 68.0 Å². The van der Waals surface area contributed by atoms with Gasteiger partial charge in [-0.15, -0.1) is 0 Å². The van der Waals surface area contributed by atoms with Crippen molar-refractivity contribution in [2.75, 3.05) is 13.3 Å². The third-order valence-electron chi connectivity index (χ3n) is 5.76. The predicted molar refractivity (Wildman–Crippen MR) is 108 cm³/mol. The number of ether oxygens (including phenoxy) is 2. The third kappa shape index (κ3) is 3.68. The van der Waals surface area contributed by atoms with Crippen LogP contribution in [0.1, 0.15) is 43.0 Å². The summed E-state index contributed by atoms with van der Waals surface area (Å²) in [6.45, 7) is 1.93. The van der Waals surface area contributed by atoms with E-state index in [1.165, 1.54) is 6.42 Å². The Morgan fingerprint density at radius 2 is 1.90 bits per heavy atom. The molecule has 2 aromatic carbocycles. The Bertz CT molecular complexity index is 1000. The SMILES string of the molecule is Oc1ccccc1CN1CCCCCC1c1cc(-c2ccc3c(c2)OCO3)on1. The number of fused-ring (bicyclic) bond motifs is 1. The van der Waals surface area contributed by atoms with Crippen LogP contribution in [-0.2, 0) is 6.54 Å². The number of hydrogen-bond donors (Lipinski definition) is 1. The third-order valence-corrected chi connectivity index (χ3v) is 5.76. The number of para-hydroxylation sites is 1. The summed E-state index contributed by atoms with van der Waals surface area (Å²) in [6.07, 6.45) is 4.55. The van der Waals surface area contributed by atoms with Crippen LogP contribution in [0.2, 0.25) is 0 Å². The number of phenolic OH excluding ortho intramolecular Hbond substituents is 1. The van der Waals surface area contributed by atoms with Crippen LogP contribution in [0, 0.1) is 0 Å². The van der Waals surface area contributed by atoms with E-state index in [1.54, 1.807) is 6.07 Å². The molecule has 150 valence electrons. The molecule has 1 saturated heterocycles. The van der Waals surface area contributed by atoms with Crippen molar-refractivity contribution >= 4 is 0 Å². The molecule has 0 amide bonds. The number of hydrogen-bond acceptors (Lipinski definition) is 6. The predicted octanol–water partition coefficient (Wildman–Crippen LogP) is 4.89. The zero-order valence-corrected chi connectivity index (χ0v) is 16.2. The monoisotopic (exact) mass is 392 g/mol. The lowest BCUT2D eigenvalue weighted by Gasteiger charge is -2.28. The van der Waals surface area contributed by atoms with Gasteiger partial charge >= 0.3 is 0 Å². The summed E-state index contributed by atoms with van der Waals surface area (Å²) in [5, 5.41) is 14.6. The van der Waals surface area contributed by atoms with Crippen molar-refractivity contribution in [1.29, 1.82) is 0 Å². The van der Waals surface area contributed by atoms with E-state index in [4.69, 9.17) is 14.0 Å². The molecule has 1 aromatic heterocycles. The van der Waals surface area contributed by atoms with Crippen LogP contribution in [0.25, 0.3) is 11.3 Å². The van der Waals surface area contributed by atoms with Gasteiger partial charge in [0.2, 0.25) is 6.79 Å². The summed E-state index contributed by atoms with van der Waals surface area (Å²) in [5.41, 5.74) is 2.81. The average Bonchev–Trinajstić information content (AvgIpc) is 3.35. The van der Waals surface area contributed by atoms with E-state index in [1.807, 2.05) is 42.5 Å². The second-order valence-corrected chi connectivity index (χ2v) is 7.65. The number of benzene rings is 2. The largest absolute Gasteiger partial charge is 0.508 e. The number of aromatic hydroxyl groups is 1. The average molecular weight is 392 g/mol. The van der Waals surface area contributed by atoms with Gasteiger partial charge in [0, 0.05) is 23.7 Å². The molecular weight excluding hydrogens is 368 g/mol. The Morgan fingerprint density at radius 1 is 1.00 bits per heavy atom. The van der Waals surface area contributed by atoms with Gasteiger partial charge in [0.1, 0.15) is 11.4 Å². The first-order valence-electron chi connectivity index (χ1n) is 10.2. The molecule has 0 spiro atoms. The molecule has 5 rings (SSSR count). The zero-order chi connectivity index (χ0) is 19.6. The maximum atomic E-state index is 10.2. The van der Waals surface area contributed by atoms with E-state index in [9.17, 15) is 5.11 Å². The molecule has 0 saturated carbocycles. The van der Waals surface area contributed by atoms with E-state index in [-0.39, 0.29) is 12.8 Å². The summed E-state index contributed by atoms with van der Waals surface area (Å²) < 4.78 is 16.6. The number of likely N-dealkylation sites (tertiary alicyclic amines) is 1. The standard InChI is InChI=1S/C23H24N2O4/c26-20-8-4-3-6-17(20)14-25-11-5-1-2-7-19(25)18-13-22(29-24-18)16-9-10-21-23(12-16)28-15-27-21/h3-4,6,8-10,12-13,19,26H,1-2,5,7,11,14-15H2. The summed E-state index contributed by atoms with van der Waals surface area (Å²) in [6, 6.07) is 15.5. The summed E-state index contributed by atoms with van der Waals surface area (Å²) in [7, 11) is 0. The number of nitrogens with zero attached hydrogens (tertiary/aromatic N) is 2. The fourth-order valence-electron chi connectivity index (χ4n) is 4.19. The number of phenols is 1. The van der Waals surface area contributed by atoms with Gasteiger partial charge in [-0.05, 0) is 43.7 Å². The Labute approximate surface area is 169 Å². The highest BCUT2D eigenvalue weighted by Crippen LogP contribution is 2.38. The molecule has 3 aromatic rings. The minimum absolute atomic E-state index is 0.170. The highest BCUT2D eigenvalue weighted by molar-refractivity contribution is 5.63. The molecular formula is C23H24N2O4. The van der Waals surface area contributed by atoms with Crippen LogP contribution in [0.5, 0.6) is 17.2 Å². The van der Waals surface area contributed by atoms with Crippen molar-refractivity contribution in [3.63, 3.8) is 0 Å². The van der Waals surface area contributed by atoms with Crippen molar-refractivity contribution in [2.24, 2.45) is 0 Å². The van der Waals surface area contributed by atoms with Gasteiger partial charge in [0.25, 0.3) is 0 Å². The molecule has 1 atom stereocenters. The molecule has 6 nitrogen and oxygen atoms in total. The molecule has 2 aliphatic heterocycles. The summed E-state index contributed by atoms with van der Waals surface area (Å²) in [5.74, 6) is 2.56. The Kier molecular flexibility index (Phi) is 4.86. The van der Waals surface area contributed by atoms with Gasteiger partial charge in [-0.1, -0.05) is 36.2 Å². The van der Waals surface area contributed by atoms with Crippen molar-refractivity contribution in [2.45, 2.75) is 38.3 Å². The van der Waals surface area contributed by atoms with Crippen molar-refractivity contribution in [3.05, 3.63) is 59.8 Å². The van der Waals surface area contributed by atoms with E-state index in [0.717, 1.165) is 59.9 Å². The zero-order valence-electron chi connectivity index (χ0n) is 16.2. The quantitative estimate of drug-likeness (QED) is 0.682. The van der Waals surface area contributed by atoms with Crippen molar-refractivity contribution in [1.82, 2.24) is 10.1 Å². The van der Waals surface area contributed by atoms with E-state index in [2.05, 4.69) is 10.1 Å². The molecule has 2 aliphatic rings. The summed E-state index contributed by atoms with van der Waals surface area (Å²) in [4.78, 5) is 2.41. The lowest BCUT2D eigenvalue weighted by atomic mass is 10.0. The molecule has 6 heteroatoms. The van der Waals surface area contributed by atoms with Crippen molar-refractivity contribution in [3.8, 4) is 28.6 Å². The highest BCUT2D eigenvalue weighted by Gasteiger charge is 2.27. The van der Waals surface area contributed by atoms with Gasteiger partial charge in [-0.3, -0.25) is 4.90 Å². The molecule has 0 bridgehead atoms. The molecule has 1 N–H and O–H groups in total. The highest BCUT2D eigenvalue weighted by atomic mass is 16.7. The molecule has 1 fully saturated rings. The number of aromatic nitrogens is 1. The van der Waals surface area contributed by atoms with Crippen LogP contribution in [0.4, 0.5) is 0 Å². The van der Waals surface area contributed by atoms with Crippen molar-refractivity contribution < 1.29 is 19.1 Å². The van der Waals surface area contributed by atoms with Crippen LogP contribution in [0.15, 0.2) is 53.1 Å². The van der Waals surface area contributed by atoms with E-state index in [0.29, 0.717) is 12.3 Å².